The fourth-order valence-corrected chi connectivity index (χ4v) is 5.78. The number of carbonyl (C=O) groups excluding carboxylic acids is 2. The Morgan fingerprint density at radius 2 is 1.69 bits per heavy atom. The molecule has 1 aliphatic rings. The number of nitrogens with one attached hydrogen (secondary N) is 1. The fourth-order valence-electron chi connectivity index (χ4n) is 4.70. The van der Waals surface area contributed by atoms with Crippen LogP contribution >= 0.6 is 11.8 Å². The predicted octanol–water partition coefficient (Wildman–Crippen LogP) is 5.00. The number of rotatable bonds is 7. The van der Waals surface area contributed by atoms with E-state index in [1.807, 2.05) is 73.1 Å². The van der Waals surface area contributed by atoms with Crippen LogP contribution in [0.4, 0.5) is 5.69 Å². The van der Waals surface area contributed by atoms with E-state index < -0.39 is 6.04 Å². The minimum atomic E-state index is -0.941. The van der Waals surface area contributed by atoms with Crippen molar-refractivity contribution in [2.45, 2.75) is 31.5 Å². The Morgan fingerprint density at radius 3 is 2.38 bits per heavy atom. The summed E-state index contributed by atoms with van der Waals surface area (Å²) in [5.74, 6) is 0.652. The minimum Gasteiger partial charge on any atom is -0.493 e. The molecule has 1 aromatic heterocycles. The fraction of sp³-hybridized carbons (Fsp3) is 0.233. The lowest BCUT2D eigenvalue weighted by Crippen LogP contribution is -2.44. The van der Waals surface area contributed by atoms with E-state index in [0.717, 1.165) is 21.8 Å². The van der Waals surface area contributed by atoms with Crippen LogP contribution in [0.1, 0.15) is 28.4 Å². The third-order valence-corrected chi connectivity index (χ3v) is 7.73. The van der Waals surface area contributed by atoms with E-state index in [1.165, 1.54) is 11.8 Å². The number of thioether (sulfide) groups is 1. The molecule has 200 valence electrons. The number of aromatic nitrogens is 2. The van der Waals surface area contributed by atoms with Gasteiger partial charge < -0.3 is 14.8 Å². The van der Waals surface area contributed by atoms with Crippen LogP contribution in [0.25, 0.3) is 5.69 Å². The van der Waals surface area contributed by atoms with Crippen molar-refractivity contribution in [3.8, 4) is 17.2 Å². The first-order valence-corrected chi connectivity index (χ1v) is 13.5. The highest BCUT2D eigenvalue weighted by Crippen LogP contribution is 2.42. The van der Waals surface area contributed by atoms with E-state index >= 15 is 0 Å². The van der Waals surface area contributed by atoms with Crippen molar-refractivity contribution in [2.75, 3.05) is 24.9 Å². The van der Waals surface area contributed by atoms with E-state index in [0.29, 0.717) is 35.0 Å². The summed E-state index contributed by atoms with van der Waals surface area (Å²) in [4.78, 5) is 29.3. The van der Waals surface area contributed by atoms with E-state index in [-0.39, 0.29) is 17.6 Å². The first-order valence-electron chi connectivity index (χ1n) is 12.6. The molecule has 0 saturated heterocycles. The Morgan fingerprint density at radius 1 is 0.974 bits per heavy atom. The van der Waals surface area contributed by atoms with Crippen LogP contribution in [0.15, 0.2) is 77.8 Å². The SMILES string of the molecule is COc1ccc(N2C(=O)CSc3c(c(C)nn3-c3ccccc3)[C@H]2C(=O)NCc2ccc(C)cc2)cc1OC. The largest absolute Gasteiger partial charge is 0.493 e. The van der Waals surface area contributed by atoms with Gasteiger partial charge in [-0.25, -0.2) is 4.68 Å². The van der Waals surface area contributed by atoms with Crippen molar-refractivity contribution in [3.05, 3.63) is 95.2 Å². The molecule has 0 saturated carbocycles. The Bertz CT molecular complexity index is 1500. The second-order valence-electron chi connectivity index (χ2n) is 9.25. The van der Waals surface area contributed by atoms with Crippen LogP contribution < -0.4 is 19.7 Å². The van der Waals surface area contributed by atoms with Gasteiger partial charge in [-0.15, -0.1) is 0 Å². The van der Waals surface area contributed by atoms with Gasteiger partial charge in [-0.3, -0.25) is 14.5 Å². The summed E-state index contributed by atoms with van der Waals surface area (Å²) < 4.78 is 12.7. The first kappa shape index (κ1) is 26.4. The molecule has 0 bridgehead atoms. The second kappa shape index (κ2) is 11.2. The summed E-state index contributed by atoms with van der Waals surface area (Å²) in [6.45, 7) is 4.23. The van der Waals surface area contributed by atoms with Gasteiger partial charge in [0.15, 0.2) is 11.5 Å². The van der Waals surface area contributed by atoms with E-state index in [2.05, 4.69) is 5.32 Å². The molecule has 1 N–H and O–H groups in total. The molecule has 1 atom stereocenters. The highest BCUT2D eigenvalue weighted by atomic mass is 32.2. The second-order valence-corrected chi connectivity index (χ2v) is 10.2. The Hall–Kier alpha value is -4.24. The molecule has 0 spiro atoms. The number of nitrogens with zero attached hydrogens (tertiary/aromatic N) is 3. The lowest BCUT2D eigenvalue weighted by Gasteiger charge is -2.30. The van der Waals surface area contributed by atoms with Crippen LogP contribution in [0.5, 0.6) is 11.5 Å². The topological polar surface area (TPSA) is 85.7 Å². The maximum absolute atomic E-state index is 14.1. The molecule has 8 nitrogen and oxygen atoms in total. The third kappa shape index (κ3) is 5.22. The normalized spacial score (nSPS) is 14.9. The molecule has 1 aliphatic heterocycles. The number of aryl methyl sites for hydroxylation is 2. The van der Waals surface area contributed by atoms with Gasteiger partial charge >= 0.3 is 0 Å². The monoisotopic (exact) mass is 542 g/mol. The van der Waals surface area contributed by atoms with Gasteiger partial charge in [-0.1, -0.05) is 59.8 Å². The molecule has 4 aromatic rings. The number of carbonyl (C=O) groups is 2. The van der Waals surface area contributed by atoms with Gasteiger partial charge in [0, 0.05) is 23.9 Å². The molecule has 0 aliphatic carbocycles. The first-order chi connectivity index (χ1) is 18.9. The number of ether oxygens (including phenoxy) is 2. The lowest BCUT2D eigenvalue weighted by molar-refractivity contribution is -0.126. The van der Waals surface area contributed by atoms with E-state index in [4.69, 9.17) is 14.6 Å². The number of methoxy groups -OCH3 is 2. The highest BCUT2D eigenvalue weighted by Gasteiger charge is 2.40. The average Bonchev–Trinajstić information content (AvgIpc) is 3.20. The van der Waals surface area contributed by atoms with Crippen molar-refractivity contribution in [2.24, 2.45) is 0 Å². The Labute approximate surface area is 231 Å². The molecule has 0 fully saturated rings. The molecule has 39 heavy (non-hydrogen) atoms. The smallest absolute Gasteiger partial charge is 0.248 e. The van der Waals surface area contributed by atoms with Crippen molar-refractivity contribution in [1.82, 2.24) is 15.1 Å². The molecule has 2 heterocycles. The summed E-state index contributed by atoms with van der Waals surface area (Å²) in [5, 5.41) is 8.65. The van der Waals surface area contributed by atoms with E-state index in [1.54, 1.807) is 37.3 Å². The molecule has 0 radical (unpaired) electrons. The number of amides is 2. The highest BCUT2D eigenvalue weighted by molar-refractivity contribution is 8.00. The van der Waals surface area contributed by atoms with Gasteiger partial charge in [0.25, 0.3) is 0 Å². The number of para-hydroxylation sites is 1. The lowest BCUT2D eigenvalue weighted by atomic mass is 10.0. The molecule has 5 rings (SSSR count). The number of hydrogen-bond acceptors (Lipinski definition) is 6. The van der Waals surface area contributed by atoms with Crippen LogP contribution in [-0.2, 0) is 16.1 Å². The van der Waals surface area contributed by atoms with Crippen LogP contribution in [-0.4, -0.2) is 41.6 Å². The third-order valence-electron chi connectivity index (χ3n) is 6.68. The zero-order valence-electron chi connectivity index (χ0n) is 22.3. The van der Waals surface area contributed by atoms with Gasteiger partial charge in [0.1, 0.15) is 11.1 Å². The van der Waals surface area contributed by atoms with E-state index in [9.17, 15) is 9.59 Å². The summed E-state index contributed by atoms with van der Waals surface area (Å²) in [5.41, 5.74) is 4.89. The van der Waals surface area contributed by atoms with Crippen molar-refractivity contribution >= 4 is 29.3 Å². The van der Waals surface area contributed by atoms with Crippen LogP contribution in [0.3, 0.4) is 0 Å². The molecular formula is C30H30N4O4S. The van der Waals surface area contributed by atoms with Gasteiger partial charge in [-0.2, -0.15) is 5.10 Å². The van der Waals surface area contributed by atoms with Crippen LogP contribution in [0, 0.1) is 13.8 Å². The maximum atomic E-state index is 14.1. The molecule has 2 amide bonds. The van der Waals surface area contributed by atoms with Gasteiger partial charge in [0.2, 0.25) is 11.8 Å². The number of anilines is 1. The zero-order valence-corrected chi connectivity index (χ0v) is 23.1. The quantitative estimate of drug-likeness (QED) is 0.354. The molecule has 0 unspecified atom stereocenters. The number of hydrogen-bond donors (Lipinski definition) is 1. The summed E-state index contributed by atoms with van der Waals surface area (Å²) >= 11 is 1.39. The predicted molar refractivity (Wildman–Crippen MR) is 152 cm³/mol. The van der Waals surface area contributed by atoms with Gasteiger partial charge in [-0.05, 0) is 43.7 Å². The standard InChI is InChI=1S/C30H30N4O4S/c1-19-10-12-21(13-11-19)17-31-29(36)28-27-20(2)32-34(22-8-6-5-7-9-22)30(27)39-18-26(35)33(28)23-14-15-24(37-3)25(16-23)38-4/h5-16,28H,17-18H2,1-4H3,(H,31,36)/t28-/m0/s1. The number of fused-ring (bicyclic) bond motifs is 1. The maximum Gasteiger partial charge on any atom is 0.248 e. The summed E-state index contributed by atoms with van der Waals surface area (Å²) in [6, 6.07) is 22.0. The van der Waals surface area contributed by atoms with Crippen molar-refractivity contribution in [3.63, 3.8) is 0 Å². The Kier molecular flexibility index (Phi) is 7.60. The summed E-state index contributed by atoms with van der Waals surface area (Å²) in [6.07, 6.45) is 0. The molecule has 3 aromatic carbocycles. The van der Waals surface area contributed by atoms with Crippen molar-refractivity contribution < 1.29 is 19.1 Å². The Balaban J connectivity index is 1.62. The minimum absolute atomic E-state index is 0.140. The molecular weight excluding hydrogens is 512 g/mol. The average molecular weight is 543 g/mol. The van der Waals surface area contributed by atoms with Crippen LogP contribution in [0.2, 0.25) is 0 Å². The van der Waals surface area contributed by atoms with Crippen molar-refractivity contribution in [1.29, 1.82) is 0 Å². The zero-order chi connectivity index (χ0) is 27.5. The number of benzene rings is 3. The molecule has 9 heteroatoms. The van der Waals surface area contributed by atoms with Gasteiger partial charge in [0.05, 0.1) is 31.4 Å². The summed E-state index contributed by atoms with van der Waals surface area (Å²) in [7, 11) is 3.10.